The highest BCUT2D eigenvalue weighted by Gasteiger charge is 2.28. The lowest BCUT2D eigenvalue weighted by atomic mass is 10.1. The van der Waals surface area contributed by atoms with E-state index in [0.29, 0.717) is 22.6 Å². The van der Waals surface area contributed by atoms with E-state index in [0.717, 1.165) is 0 Å². The second-order valence-corrected chi connectivity index (χ2v) is 7.39. The topological polar surface area (TPSA) is 158 Å². The summed E-state index contributed by atoms with van der Waals surface area (Å²) in [5, 5.41) is 20.0. The molecule has 2 aromatic carbocycles. The van der Waals surface area contributed by atoms with Gasteiger partial charge in [0.25, 0.3) is 5.91 Å². The summed E-state index contributed by atoms with van der Waals surface area (Å²) >= 11 is 0. The first kappa shape index (κ1) is 25.1. The normalized spacial score (nSPS) is 14.0. The van der Waals surface area contributed by atoms with Crippen molar-refractivity contribution in [1.29, 1.82) is 0 Å². The van der Waals surface area contributed by atoms with Gasteiger partial charge in [-0.05, 0) is 36.8 Å². The third kappa shape index (κ3) is 6.28. The van der Waals surface area contributed by atoms with E-state index in [-0.39, 0.29) is 29.5 Å². The molecule has 11 nitrogen and oxygen atoms in total. The molecule has 0 saturated heterocycles. The highest BCUT2D eigenvalue weighted by molar-refractivity contribution is 6.14. The molecule has 11 heteroatoms. The Hall–Kier alpha value is -4.54. The van der Waals surface area contributed by atoms with E-state index in [9.17, 15) is 19.2 Å². The van der Waals surface area contributed by atoms with Crippen LogP contribution in [-0.2, 0) is 14.4 Å². The maximum Gasteiger partial charge on any atom is 0.326 e. The zero-order chi connectivity index (χ0) is 25.5. The summed E-state index contributed by atoms with van der Waals surface area (Å²) in [5.74, 6) is -2.01. The Labute approximate surface area is 199 Å². The number of methoxy groups -OCH3 is 2. The summed E-state index contributed by atoms with van der Waals surface area (Å²) in [6.45, 7) is -0.519. The summed E-state index contributed by atoms with van der Waals surface area (Å²) in [4.78, 5) is 46.6. The highest BCUT2D eigenvalue weighted by atomic mass is 16.5. The van der Waals surface area contributed by atoms with Gasteiger partial charge in [-0.2, -0.15) is 0 Å². The number of allylic oxidation sites excluding steroid dienone is 1. The van der Waals surface area contributed by atoms with E-state index in [2.05, 4.69) is 5.32 Å². The third-order valence-corrected chi connectivity index (χ3v) is 5.02. The standard InChI is InChI=1S/C24H23NO10/c1-32-14-4-3-13(18(10-14)33-2)9-20-23(29)16-6-5-15(11-19(16)35-20)34-12-21(26)25-17(24(30)31)7-8-22(27)28/h3-6,9-11,17H,7-8,12H2,1-2H3,(H,25,26)(H,27,28)(H,30,31). The van der Waals surface area contributed by atoms with Crippen LogP contribution in [0.2, 0.25) is 0 Å². The number of carboxylic acids is 2. The van der Waals surface area contributed by atoms with Gasteiger partial charge in [-0.25, -0.2) is 4.79 Å². The van der Waals surface area contributed by atoms with Crippen LogP contribution in [0.4, 0.5) is 0 Å². The summed E-state index contributed by atoms with van der Waals surface area (Å²) in [6, 6.07) is 8.16. The van der Waals surface area contributed by atoms with E-state index >= 15 is 0 Å². The Bertz CT molecular complexity index is 1190. The minimum atomic E-state index is -1.36. The Morgan fingerprint density at radius 2 is 1.80 bits per heavy atom. The van der Waals surface area contributed by atoms with Gasteiger partial charge in [-0.3, -0.25) is 14.4 Å². The van der Waals surface area contributed by atoms with Crippen molar-refractivity contribution in [2.75, 3.05) is 20.8 Å². The summed E-state index contributed by atoms with van der Waals surface area (Å²) in [6.07, 6.45) is 0.865. The number of hydrogen-bond acceptors (Lipinski definition) is 8. The van der Waals surface area contributed by atoms with Crippen LogP contribution in [0.25, 0.3) is 6.08 Å². The molecule has 0 radical (unpaired) electrons. The average Bonchev–Trinajstić information content (AvgIpc) is 3.14. The van der Waals surface area contributed by atoms with Gasteiger partial charge in [-0.15, -0.1) is 0 Å². The molecule has 1 aliphatic rings. The SMILES string of the molecule is COc1ccc(C=C2Oc3cc(OCC(=O)NC(CCC(=O)O)C(=O)O)ccc3C2=O)c(OC)c1. The number of nitrogens with one attached hydrogen (secondary N) is 1. The quantitative estimate of drug-likeness (QED) is 0.403. The molecule has 1 aliphatic heterocycles. The predicted molar refractivity (Wildman–Crippen MR) is 121 cm³/mol. The monoisotopic (exact) mass is 485 g/mol. The van der Waals surface area contributed by atoms with Crippen molar-refractivity contribution >= 4 is 29.7 Å². The van der Waals surface area contributed by atoms with E-state index in [1.54, 1.807) is 18.2 Å². The maximum absolute atomic E-state index is 12.7. The smallest absolute Gasteiger partial charge is 0.326 e. The van der Waals surface area contributed by atoms with Gasteiger partial charge < -0.3 is 34.5 Å². The van der Waals surface area contributed by atoms with Crippen LogP contribution >= 0.6 is 0 Å². The van der Waals surface area contributed by atoms with Crippen molar-refractivity contribution < 1.29 is 48.3 Å². The highest BCUT2D eigenvalue weighted by Crippen LogP contribution is 2.36. The number of aliphatic carboxylic acids is 2. The number of carbonyl (C=O) groups is 4. The Kier molecular flexibility index (Phi) is 7.92. The predicted octanol–water partition coefficient (Wildman–Crippen LogP) is 2.13. The molecule has 0 spiro atoms. The van der Waals surface area contributed by atoms with Gasteiger partial charge in [0.1, 0.15) is 29.0 Å². The van der Waals surface area contributed by atoms with Crippen molar-refractivity contribution in [1.82, 2.24) is 5.32 Å². The first-order valence-corrected chi connectivity index (χ1v) is 10.4. The Morgan fingerprint density at radius 1 is 1.06 bits per heavy atom. The maximum atomic E-state index is 12.7. The van der Waals surface area contributed by atoms with Crippen LogP contribution in [0.3, 0.4) is 0 Å². The minimum Gasteiger partial charge on any atom is -0.497 e. The van der Waals surface area contributed by atoms with Gasteiger partial charge in [0.2, 0.25) is 5.78 Å². The summed E-state index contributed by atoms with van der Waals surface area (Å²) < 4.78 is 21.6. The summed E-state index contributed by atoms with van der Waals surface area (Å²) in [7, 11) is 3.02. The lowest BCUT2D eigenvalue weighted by Gasteiger charge is -2.14. The van der Waals surface area contributed by atoms with Gasteiger partial charge in [0.05, 0.1) is 19.8 Å². The lowest BCUT2D eigenvalue weighted by molar-refractivity contribution is -0.143. The van der Waals surface area contributed by atoms with Gasteiger partial charge in [0.15, 0.2) is 12.4 Å². The fourth-order valence-corrected chi connectivity index (χ4v) is 3.25. The van der Waals surface area contributed by atoms with Crippen LogP contribution < -0.4 is 24.3 Å². The van der Waals surface area contributed by atoms with Crippen molar-refractivity contribution in [2.45, 2.75) is 18.9 Å². The number of ketones is 1. The van der Waals surface area contributed by atoms with Crippen molar-refractivity contribution in [3.8, 4) is 23.0 Å². The molecule has 1 heterocycles. The Balaban J connectivity index is 1.66. The Morgan fingerprint density at radius 3 is 2.46 bits per heavy atom. The first-order chi connectivity index (χ1) is 16.7. The van der Waals surface area contributed by atoms with E-state index in [4.69, 9.17) is 29.2 Å². The molecule has 1 amide bonds. The molecule has 0 aliphatic carbocycles. The molecule has 3 N–H and O–H groups in total. The molecular weight excluding hydrogens is 462 g/mol. The molecule has 0 fully saturated rings. The van der Waals surface area contributed by atoms with Gasteiger partial charge in [0, 0.05) is 24.1 Å². The largest absolute Gasteiger partial charge is 0.497 e. The number of rotatable bonds is 11. The van der Waals surface area contributed by atoms with Crippen LogP contribution in [0, 0.1) is 0 Å². The van der Waals surface area contributed by atoms with Crippen LogP contribution in [0.15, 0.2) is 42.2 Å². The molecule has 0 bridgehead atoms. The van der Waals surface area contributed by atoms with E-state index in [1.807, 2.05) is 0 Å². The molecule has 0 saturated carbocycles. The second-order valence-electron chi connectivity index (χ2n) is 7.39. The number of amides is 1. The second kappa shape index (κ2) is 11.1. The molecule has 35 heavy (non-hydrogen) atoms. The number of fused-ring (bicyclic) bond motifs is 1. The molecular formula is C24H23NO10. The third-order valence-electron chi connectivity index (χ3n) is 5.02. The first-order valence-electron chi connectivity index (χ1n) is 10.4. The zero-order valence-electron chi connectivity index (χ0n) is 18.9. The number of benzene rings is 2. The molecule has 1 atom stereocenters. The number of ether oxygens (including phenoxy) is 4. The van der Waals surface area contributed by atoms with Crippen molar-refractivity contribution in [2.24, 2.45) is 0 Å². The van der Waals surface area contributed by atoms with Crippen LogP contribution in [-0.4, -0.2) is 60.7 Å². The van der Waals surface area contributed by atoms with Gasteiger partial charge in [-0.1, -0.05) is 0 Å². The average molecular weight is 485 g/mol. The molecule has 3 rings (SSSR count). The summed E-state index contributed by atoms with van der Waals surface area (Å²) in [5.41, 5.74) is 0.911. The number of carboxylic acid groups (broad SMARTS) is 2. The van der Waals surface area contributed by atoms with Crippen molar-refractivity contribution in [3.63, 3.8) is 0 Å². The van der Waals surface area contributed by atoms with Crippen molar-refractivity contribution in [3.05, 3.63) is 53.3 Å². The minimum absolute atomic E-state index is 0.0705. The van der Waals surface area contributed by atoms with Crippen LogP contribution in [0.1, 0.15) is 28.8 Å². The van der Waals surface area contributed by atoms with Crippen LogP contribution in [0.5, 0.6) is 23.0 Å². The fraction of sp³-hybridized carbons (Fsp3) is 0.250. The van der Waals surface area contributed by atoms with E-state index < -0.39 is 36.9 Å². The number of carbonyl (C=O) groups excluding carboxylic acids is 2. The van der Waals surface area contributed by atoms with Gasteiger partial charge >= 0.3 is 11.9 Å². The number of Topliss-reactive ketones (excluding diaryl/α,β-unsaturated/α-hetero) is 1. The van der Waals surface area contributed by atoms with E-state index in [1.165, 1.54) is 38.5 Å². The molecule has 1 unspecified atom stereocenters. The fourth-order valence-electron chi connectivity index (χ4n) is 3.25. The zero-order valence-corrected chi connectivity index (χ0v) is 18.9. The molecule has 184 valence electrons. The molecule has 0 aromatic heterocycles. The molecule has 2 aromatic rings. The lowest BCUT2D eigenvalue weighted by Crippen LogP contribution is -2.43. The number of hydrogen-bond donors (Lipinski definition) is 3.